The largest absolute Gasteiger partial charge is 0.481 e. The van der Waals surface area contributed by atoms with Gasteiger partial charge in [-0.05, 0) is 63.8 Å². The topological polar surface area (TPSA) is 78.9 Å². The number of amides is 1. The molecule has 0 aromatic carbocycles. The Hall–Kier alpha value is -1.40. The molecule has 26 heavy (non-hydrogen) atoms. The van der Waals surface area contributed by atoms with Crippen LogP contribution in [0.5, 0.6) is 0 Å². The van der Waals surface area contributed by atoms with E-state index >= 15 is 0 Å². The molecule has 2 rings (SSSR count). The molecule has 2 aliphatic rings. The zero-order valence-corrected chi connectivity index (χ0v) is 16.2. The summed E-state index contributed by atoms with van der Waals surface area (Å²) in [5.41, 5.74) is 0. The van der Waals surface area contributed by atoms with Crippen LogP contribution in [0.3, 0.4) is 0 Å². The standard InChI is InChI=1S/C20H34N2O4/c1-3-22(2)19(23)14-21-13-12-16-15(17-10-11-18(16)26-17)8-6-4-5-7-9-20(24)25/h4,6,15-18,21H,3,5,7-14H2,1-2H3,(H,24,25)/t15-,16+,17-,18+/m1/s1. The van der Waals surface area contributed by atoms with Gasteiger partial charge < -0.3 is 20.1 Å². The van der Waals surface area contributed by atoms with Crippen molar-refractivity contribution in [2.45, 2.75) is 64.1 Å². The van der Waals surface area contributed by atoms with Crippen molar-refractivity contribution in [3.05, 3.63) is 12.2 Å². The predicted molar refractivity (Wildman–Crippen MR) is 101 cm³/mol. The van der Waals surface area contributed by atoms with Crippen LogP contribution in [0.2, 0.25) is 0 Å². The normalized spacial score (nSPS) is 27.3. The van der Waals surface area contributed by atoms with Gasteiger partial charge in [-0.2, -0.15) is 0 Å². The van der Waals surface area contributed by atoms with E-state index in [2.05, 4.69) is 17.5 Å². The van der Waals surface area contributed by atoms with Gasteiger partial charge in [0.2, 0.25) is 5.91 Å². The molecule has 148 valence electrons. The maximum atomic E-state index is 11.8. The zero-order chi connectivity index (χ0) is 18.9. The van der Waals surface area contributed by atoms with Crippen molar-refractivity contribution in [3.8, 4) is 0 Å². The van der Waals surface area contributed by atoms with Gasteiger partial charge in [-0.15, -0.1) is 0 Å². The van der Waals surface area contributed by atoms with Crippen LogP contribution in [-0.2, 0) is 14.3 Å². The number of carboxylic acids is 1. The summed E-state index contributed by atoms with van der Waals surface area (Å²) in [6.45, 7) is 3.96. The van der Waals surface area contributed by atoms with Crippen LogP contribution in [0.4, 0.5) is 0 Å². The zero-order valence-electron chi connectivity index (χ0n) is 16.2. The minimum atomic E-state index is -0.726. The molecule has 0 radical (unpaired) electrons. The first kappa shape index (κ1) is 20.9. The van der Waals surface area contributed by atoms with Crippen LogP contribution in [0.25, 0.3) is 0 Å². The molecule has 2 saturated heterocycles. The van der Waals surface area contributed by atoms with E-state index in [4.69, 9.17) is 9.84 Å². The van der Waals surface area contributed by atoms with Gasteiger partial charge >= 0.3 is 5.97 Å². The number of nitrogens with one attached hydrogen (secondary N) is 1. The Kier molecular flexibility index (Phi) is 8.59. The molecule has 0 unspecified atom stereocenters. The summed E-state index contributed by atoms with van der Waals surface area (Å²) in [5.74, 6) is 0.526. The van der Waals surface area contributed by atoms with Crippen molar-refractivity contribution in [2.75, 3.05) is 26.7 Å². The first-order valence-corrected chi connectivity index (χ1v) is 9.99. The molecule has 6 nitrogen and oxygen atoms in total. The van der Waals surface area contributed by atoms with E-state index in [9.17, 15) is 9.59 Å². The minimum Gasteiger partial charge on any atom is -0.481 e. The quantitative estimate of drug-likeness (QED) is 0.410. The Morgan fingerprint density at radius 3 is 2.65 bits per heavy atom. The van der Waals surface area contributed by atoms with Gasteiger partial charge in [0.05, 0.1) is 18.8 Å². The average Bonchev–Trinajstić information content (AvgIpc) is 3.22. The number of carbonyl (C=O) groups is 2. The van der Waals surface area contributed by atoms with Crippen molar-refractivity contribution in [3.63, 3.8) is 0 Å². The fraction of sp³-hybridized carbons (Fsp3) is 0.800. The van der Waals surface area contributed by atoms with Gasteiger partial charge in [-0.3, -0.25) is 9.59 Å². The van der Waals surface area contributed by atoms with E-state index in [1.165, 1.54) is 0 Å². The highest BCUT2D eigenvalue weighted by molar-refractivity contribution is 5.77. The molecule has 2 bridgehead atoms. The average molecular weight is 367 g/mol. The number of rotatable bonds is 12. The highest BCUT2D eigenvalue weighted by atomic mass is 16.5. The van der Waals surface area contributed by atoms with Crippen LogP contribution in [0.15, 0.2) is 12.2 Å². The van der Waals surface area contributed by atoms with E-state index in [1.54, 1.807) is 4.90 Å². The Bertz CT molecular complexity index is 494. The molecular weight excluding hydrogens is 332 g/mol. The molecular formula is C20H34N2O4. The fourth-order valence-electron chi connectivity index (χ4n) is 4.11. The van der Waals surface area contributed by atoms with Gasteiger partial charge in [0.15, 0.2) is 0 Å². The van der Waals surface area contributed by atoms with Crippen molar-refractivity contribution >= 4 is 11.9 Å². The molecule has 4 atom stereocenters. The second-order valence-corrected chi connectivity index (χ2v) is 7.48. The Labute approximate surface area is 157 Å². The predicted octanol–water partition coefficient (Wildman–Crippen LogP) is 2.44. The van der Waals surface area contributed by atoms with Gasteiger partial charge in [-0.25, -0.2) is 0 Å². The lowest BCUT2D eigenvalue weighted by Gasteiger charge is -2.27. The number of unbranched alkanes of at least 4 members (excludes halogenated alkanes) is 1. The number of likely N-dealkylation sites (N-methyl/N-ethyl adjacent to an activating group) is 1. The van der Waals surface area contributed by atoms with Crippen LogP contribution in [0, 0.1) is 11.8 Å². The van der Waals surface area contributed by atoms with Crippen LogP contribution >= 0.6 is 0 Å². The fourth-order valence-corrected chi connectivity index (χ4v) is 4.11. The molecule has 0 aliphatic carbocycles. The number of allylic oxidation sites excluding steroid dienone is 2. The summed E-state index contributed by atoms with van der Waals surface area (Å²) >= 11 is 0. The van der Waals surface area contributed by atoms with Crippen molar-refractivity contribution in [1.29, 1.82) is 0 Å². The number of carbonyl (C=O) groups excluding carboxylic acids is 1. The lowest BCUT2D eigenvalue weighted by molar-refractivity contribution is -0.137. The van der Waals surface area contributed by atoms with E-state index in [1.807, 2.05) is 14.0 Å². The van der Waals surface area contributed by atoms with Gasteiger partial charge in [-0.1, -0.05) is 12.2 Å². The third-order valence-electron chi connectivity index (χ3n) is 5.76. The Morgan fingerprint density at radius 2 is 1.96 bits per heavy atom. The summed E-state index contributed by atoms with van der Waals surface area (Å²) in [5, 5.41) is 11.9. The Balaban J connectivity index is 1.69. The number of carboxylic acid groups (broad SMARTS) is 1. The molecule has 0 aromatic rings. The SMILES string of the molecule is CCN(C)C(=O)CNCC[C@H]1[C@@H](CC=CCCCC(=O)O)[C@H]2CC[C@@H]1O2. The maximum absolute atomic E-state index is 11.8. The molecule has 1 amide bonds. The third kappa shape index (κ3) is 6.09. The molecule has 6 heteroatoms. The number of nitrogens with zero attached hydrogens (tertiary/aromatic N) is 1. The number of fused-ring (bicyclic) bond motifs is 2. The number of hydrogen-bond donors (Lipinski definition) is 2. The van der Waals surface area contributed by atoms with Crippen molar-refractivity contribution in [2.24, 2.45) is 11.8 Å². The first-order valence-electron chi connectivity index (χ1n) is 9.99. The number of ether oxygens (including phenoxy) is 1. The second kappa shape index (κ2) is 10.7. The van der Waals surface area contributed by atoms with E-state index in [0.29, 0.717) is 37.0 Å². The van der Waals surface area contributed by atoms with Gasteiger partial charge in [0, 0.05) is 20.0 Å². The van der Waals surface area contributed by atoms with E-state index in [0.717, 1.165) is 45.2 Å². The molecule has 0 spiro atoms. The van der Waals surface area contributed by atoms with Crippen molar-refractivity contribution < 1.29 is 19.4 Å². The molecule has 0 aromatic heterocycles. The smallest absolute Gasteiger partial charge is 0.303 e. The highest BCUT2D eigenvalue weighted by Crippen LogP contribution is 2.46. The monoisotopic (exact) mass is 366 g/mol. The van der Waals surface area contributed by atoms with Crippen molar-refractivity contribution in [1.82, 2.24) is 10.2 Å². The molecule has 2 N–H and O–H groups in total. The Morgan fingerprint density at radius 1 is 1.23 bits per heavy atom. The molecule has 2 fully saturated rings. The molecule has 2 aliphatic heterocycles. The summed E-state index contributed by atoms with van der Waals surface area (Å²) in [4.78, 5) is 24.1. The van der Waals surface area contributed by atoms with E-state index < -0.39 is 5.97 Å². The number of hydrogen-bond acceptors (Lipinski definition) is 4. The maximum Gasteiger partial charge on any atom is 0.303 e. The van der Waals surface area contributed by atoms with Crippen LogP contribution in [-0.4, -0.2) is 60.8 Å². The first-order chi connectivity index (χ1) is 12.5. The summed E-state index contributed by atoms with van der Waals surface area (Å²) in [6, 6.07) is 0. The third-order valence-corrected chi connectivity index (χ3v) is 5.76. The van der Waals surface area contributed by atoms with Crippen LogP contribution < -0.4 is 5.32 Å². The van der Waals surface area contributed by atoms with Gasteiger partial charge in [0.25, 0.3) is 0 Å². The summed E-state index contributed by atoms with van der Waals surface area (Å²) in [7, 11) is 1.83. The minimum absolute atomic E-state index is 0.137. The summed E-state index contributed by atoms with van der Waals surface area (Å²) < 4.78 is 6.13. The second-order valence-electron chi connectivity index (χ2n) is 7.48. The van der Waals surface area contributed by atoms with Crippen LogP contribution in [0.1, 0.15) is 51.9 Å². The lowest BCUT2D eigenvalue weighted by atomic mass is 9.76. The highest BCUT2D eigenvalue weighted by Gasteiger charge is 2.47. The number of aliphatic carboxylic acids is 1. The molecule has 0 saturated carbocycles. The summed E-state index contributed by atoms with van der Waals surface area (Å²) in [6.07, 6.45) is 11.2. The lowest BCUT2D eigenvalue weighted by Crippen LogP contribution is -2.37. The van der Waals surface area contributed by atoms with E-state index in [-0.39, 0.29) is 12.3 Å². The molecule has 2 heterocycles. The van der Waals surface area contributed by atoms with Gasteiger partial charge in [0.1, 0.15) is 0 Å².